The van der Waals surface area contributed by atoms with Gasteiger partial charge in [0.15, 0.2) is 0 Å². The molecule has 2 heteroatoms. The predicted octanol–water partition coefficient (Wildman–Crippen LogP) is 22.6. The molecule has 13 aromatic rings. The Bertz CT molecular complexity index is 4450. The number of benzene rings is 12. The van der Waals surface area contributed by atoms with Crippen LogP contribution in [0.4, 0.5) is 17.1 Å². The summed E-state index contributed by atoms with van der Waals surface area (Å²) < 4.78 is 2.51. The fourth-order valence-corrected chi connectivity index (χ4v) is 15.3. The van der Waals surface area contributed by atoms with Crippen LogP contribution in [-0.4, -0.2) is 4.57 Å². The molecule has 408 valence electrons. The molecule has 0 aliphatic heterocycles. The van der Waals surface area contributed by atoms with Crippen LogP contribution in [0, 0.1) is 0 Å². The van der Waals surface area contributed by atoms with Gasteiger partial charge in [0.25, 0.3) is 0 Å². The molecule has 2 fully saturated rings. The quantitative estimate of drug-likeness (QED) is 0.118. The summed E-state index contributed by atoms with van der Waals surface area (Å²) >= 11 is 0. The van der Waals surface area contributed by atoms with Crippen molar-refractivity contribution in [1.82, 2.24) is 4.57 Å². The first-order chi connectivity index (χ1) is 42.2. The van der Waals surface area contributed by atoms with E-state index in [2.05, 4.69) is 301 Å². The van der Waals surface area contributed by atoms with Crippen molar-refractivity contribution in [2.24, 2.45) is 0 Å². The summed E-state index contributed by atoms with van der Waals surface area (Å²) in [4.78, 5) is 2.48. The minimum atomic E-state index is -0.544. The summed E-state index contributed by atoms with van der Waals surface area (Å²) in [6.45, 7) is 0. The summed E-state index contributed by atoms with van der Waals surface area (Å²) in [5.41, 5.74) is 26.7. The highest BCUT2D eigenvalue weighted by Crippen LogP contribution is 2.58. The summed E-state index contributed by atoms with van der Waals surface area (Å²) in [5.74, 6) is 1.37. The standard InChI is InChI=1S/C83H66N2/c1-4-24-63(25-5-1)71-30-14-15-31-72(71)75-33-17-19-35-80(75)84(70-50-51-74-73-32-16-18-34-78(73)83(79(74)56-70,66-26-6-2-7-27-66)67-28-8-3-9-29-67)68-46-40-61(41-47-68)59-36-38-60(39-37-59)62-42-48-69(49-43-62)85-81-52-44-64(57-20-10-11-21-57)54-76(81)77-55-65(45-53-82(77)85)58-22-12-13-23-58/h1-9,14-19,24-58H,10-13,20-23H2. The first-order valence-corrected chi connectivity index (χ1v) is 30.9. The Hall–Kier alpha value is -9.76. The molecule has 2 nitrogen and oxygen atoms in total. The van der Waals surface area contributed by atoms with Crippen LogP contribution in [0.3, 0.4) is 0 Å². The van der Waals surface area contributed by atoms with Gasteiger partial charge < -0.3 is 9.47 Å². The number of rotatable bonds is 12. The lowest BCUT2D eigenvalue weighted by Crippen LogP contribution is -2.28. The number of hydrogen-bond donors (Lipinski definition) is 0. The van der Waals surface area contributed by atoms with Crippen molar-refractivity contribution in [3.8, 4) is 61.3 Å². The lowest BCUT2D eigenvalue weighted by Gasteiger charge is -2.35. The van der Waals surface area contributed by atoms with Crippen LogP contribution in [0.2, 0.25) is 0 Å². The summed E-state index contributed by atoms with van der Waals surface area (Å²) in [6.07, 6.45) is 10.6. The van der Waals surface area contributed by atoms with Gasteiger partial charge in [-0.2, -0.15) is 0 Å². The SMILES string of the molecule is c1ccc(-c2ccccc2-c2ccccc2N(c2ccc(-c3ccc(-c4ccc(-n5c6ccc(C7CCCC7)cc6c6cc(C7CCCC7)ccc65)cc4)cc3)cc2)c2ccc3c(c2)C(c2ccccc2)(c2ccccc2)c2ccccc2-3)cc1. The molecule has 0 saturated heterocycles. The Labute approximate surface area is 500 Å². The van der Waals surface area contributed by atoms with E-state index in [1.807, 2.05) is 0 Å². The van der Waals surface area contributed by atoms with Gasteiger partial charge in [0, 0.05) is 33.4 Å². The average Bonchev–Trinajstić information content (AvgIpc) is 1.62. The van der Waals surface area contributed by atoms with Crippen LogP contribution in [0.25, 0.3) is 83.1 Å². The smallest absolute Gasteiger partial charge is 0.0714 e. The van der Waals surface area contributed by atoms with Crippen LogP contribution in [0.5, 0.6) is 0 Å². The van der Waals surface area contributed by atoms with Crippen molar-refractivity contribution in [2.45, 2.75) is 68.6 Å². The molecule has 0 N–H and O–H groups in total. The Kier molecular flexibility index (Phi) is 12.9. The summed E-state index contributed by atoms with van der Waals surface area (Å²) in [6, 6.07) is 109. The molecule has 0 bridgehead atoms. The van der Waals surface area contributed by atoms with E-state index in [-0.39, 0.29) is 0 Å². The lowest BCUT2D eigenvalue weighted by atomic mass is 9.67. The van der Waals surface area contributed by atoms with Crippen molar-refractivity contribution >= 4 is 38.9 Å². The van der Waals surface area contributed by atoms with Gasteiger partial charge in [0.1, 0.15) is 0 Å². The Balaban J connectivity index is 0.768. The van der Waals surface area contributed by atoms with Gasteiger partial charge in [-0.25, -0.2) is 0 Å². The minimum Gasteiger partial charge on any atom is -0.310 e. The van der Waals surface area contributed by atoms with Gasteiger partial charge in [-0.3, -0.25) is 0 Å². The van der Waals surface area contributed by atoms with E-state index in [9.17, 15) is 0 Å². The maximum absolute atomic E-state index is 2.55. The molecule has 0 unspecified atom stereocenters. The highest BCUT2D eigenvalue weighted by Gasteiger charge is 2.46. The predicted molar refractivity (Wildman–Crippen MR) is 357 cm³/mol. The zero-order chi connectivity index (χ0) is 56.3. The minimum absolute atomic E-state index is 0.544. The monoisotopic (exact) mass is 1090 g/mol. The molecule has 16 rings (SSSR count). The van der Waals surface area contributed by atoms with Crippen LogP contribution in [0.1, 0.15) is 96.6 Å². The third-order valence-corrected chi connectivity index (χ3v) is 19.4. The number of fused-ring (bicyclic) bond motifs is 6. The van der Waals surface area contributed by atoms with E-state index in [0.717, 1.165) is 22.6 Å². The number of hydrogen-bond acceptors (Lipinski definition) is 1. The van der Waals surface area contributed by atoms with Gasteiger partial charge >= 0.3 is 0 Å². The summed E-state index contributed by atoms with van der Waals surface area (Å²) in [5, 5.41) is 2.80. The summed E-state index contributed by atoms with van der Waals surface area (Å²) in [7, 11) is 0. The highest BCUT2D eigenvalue weighted by molar-refractivity contribution is 6.10. The van der Waals surface area contributed by atoms with E-state index in [4.69, 9.17) is 0 Å². The largest absolute Gasteiger partial charge is 0.310 e. The first-order valence-electron chi connectivity index (χ1n) is 30.9. The maximum atomic E-state index is 2.55. The molecule has 0 amide bonds. The Morgan fingerprint density at radius 1 is 0.306 bits per heavy atom. The topological polar surface area (TPSA) is 8.17 Å². The number of anilines is 3. The molecule has 12 aromatic carbocycles. The Morgan fingerprint density at radius 3 is 1.31 bits per heavy atom. The van der Waals surface area contributed by atoms with E-state index in [0.29, 0.717) is 11.8 Å². The van der Waals surface area contributed by atoms with Crippen molar-refractivity contribution in [3.63, 3.8) is 0 Å². The third kappa shape index (κ3) is 8.77. The molecule has 3 aliphatic rings. The van der Waals surface area contributed by atoms with Gasteiger partial charge in [-0.1, -0.05) is 250 Å². The molecule has 1 heterocycles. The second-order valence-corrected chi connectivity index (χ2v) is 24.0. The van der Waals surface area contributed by atoms with E-state index in [1.165, 1.54) is 162 Å². The van der Waals surface area contributed by atoms with Crippen LogP contribution >= 0.6 is 0 Å². The van der Waals surface area contributed by atoms with Crippen molar-refractivity contribution in [2.75, 3.05) is 4.90 Å². The zero-order valence-electron chi connectivity index (χ0n) is 47.9. The number of nitrogens with zero attached hydrogens (tertiary/aromatic N) is 2. The van der Waals surface area contributed by atoms with Crippen molar-refractivity contribution in [1.29, 1.82) is 0 Å². The molecular formula is C83H66N2. The first kappa shape index (κ1) is 50.9. The van der Waals surface area contributed by atoms with E-state index in [1.54, 1.807) is 0 Å². The second-order valence-electron chi connectivity index (χ2n) is 24.0. The average molecular weight is 1090 g/mol. The van der Waals surface area contributed by atoms with E-state index < -0.39 is 5.41 Å². The molecule has 85 heavy (non-hydrogen) atoms. The molecule has 3 aliphatic carbocycles. The van der Waals surface area contributed by atoms with Crippen LogP contribution < -0.4 is 4.90 Å². The second kappa shape index (κ2) is 21.5. The normalized spacial score (nSPS) is 14.7. The zero-order valence-corrected chi connectivity index (χ0v) is 47.9. The molecule has 0 atom stereocenters. The van der Waals surface area contributed by atoms with Gasteiger partial charge in [0.2, 0.25) is 0 Å². The van der Waals surface area contributed by atoms with Gasteiger partial charge in [-0.05, 0) is 188 Å². The number of aromatic nitrogens is 1. The molecule has 0 spiro atoms. The molecule has 0 radical (unpaired) electrons. The fourth-order valence-electron chi connectivity index (χ4n) is 15.3. The van der Waals surface area contributed by atoms with Gasteiger partial charge in [-0.15, -0.1) is 0 Å². The number of para-hydroxylation sites is 1. The molecule has 2 saturated carbocycles. The fraction of sp³-hybridized carbons (Fsp3) is 0.133. The molecular weight excluding hydrogens is 1020 g/mol. The van der Waals surface area contributed by atoms with Crippen molar-refractivity contribution in [3.05, 3.63) is 325 Å². The lowest BCUT2D eigenvalue weighted by molar-refractivity contribution is 0.724. The van der Waals surface area contributed by atoms with Gasteiger partial charge in [0.05, 0.1) is 22.1 Å². The maximum Gasteiger partial charge on any atom is 0.0714 e. The molecule has 1 aromatic heterocycles. The van der Waals surface area contributed by atoms with Crippen LogP contribution in [0.15, 0.2) is 291 Å². The van der Waals surface area contributed by atoms with E-state index >= 15 is 0 Å². The third-order valence-electron chi connectivity index (χ3n) is 19.4. The highest BCUT2D eigenvalue weighted by atomic mass is 15.1. The van der Waals surface area contributed by atoms with Crippen LogP contribution in [-0.2, 0) is 5.41 Å². The Morgan fingerprint density at radius 2 is 0.741 bits per heavy atom. The van der Waals surface area contributed by atoms with Crippen molar-refractivity contribution < 1.29 is 0 Å².